The summed E-state index contributed by atoms with van der Waals surface area (Å²) in [5, 5.41) is 0.659. The van der Waals surface area contributed by atoms with Crippen LogP contribution >= 0.6 is 11.6 Å². The summed E-state index contributed by atoms with van der Waals surface area (Å²) < 4.78 is 5.32. The fourth-order valence-electron chi connectivity index (χ4n) is 2.25. The Balaban J connectivity index is 1.81. The Morgan fingerprint density at radius 2 is 2.06 bits per heavy atom. The predicted octanol–water partition coefficient (Wildman–Crippen LogP) is 2.90. The van der Waals surface area contributed by atoms with Crippen molar-refractivity contribution in [3.63, 3.8) is 0 Å². The molecule has 0 aliphatic heterocycles. The van der Waals surface area contributed by atoms with E-state index in [0.717, 1.165) is 31.2 Å². The molecule has 1 aromatic carbocycles. The molecule has 1 saturated carbocycles. The second-order valence-electron chi connectivity index (χ2n) is 4.85. The van der Waals surface area contributed by atoms with Gasteiger partial charge in [-0.15, -0.1) is 0 Å². The Bertz CT molecular complexity index is 414. The van der Waals surface area contributed by atoms with Gasteiger partial charge in [0.1, 0.15) is 6.61 Å². The van der Waals surface area contributed by atoms with Crippen molar-refractivity contribution < 1.29 is 9.53 Å². The molecule has 1 aliphatic carbocycles. The van der Waals surface area contributed by atoms with Crippen LogP contribution in [0.15, 0.2) is 24.3 Å². The molecule has 0 aromatic heterocycles. The molecular formula is C14H18ClNO2. The summed E-state index contributed by atoms with van der Waals surface area (Å²) in [5.41, 5.74) is 6.73. The zero-order valence-electron chi connectivity index (χ0n) is 10.3. The summed E-state index contributed by atoms with van der Waals surface area (Å²) in [4.78, 5) is 11.9. The second kappa shape index (κ2) is 6.21. The Labute approximate surface area is 112 Å². The first-order valence-electron chi connectivity index (χ1n) is 6.32. The van der Waals surface area contributed by atoms with E-state index >= 15 is 0 Å². The molecule has 0 spiro atoms. The molecule has 1 aliphatic rings. The number of rotatable bonds is 3. The van der Waals surface area contributed by atoms with Crippen LogP contribution in [0.5, 0.6) is 0 Å². The Morgan fingerprint density at radius 1 is 1.33 bits per heavy atom. The SMILES string of the molecule is NC1CCC(C(=O)OCc2cccc(Cl)c2)CC1. The average Bonchev–Trinajstić information content (AvgIpc) is 2.37. The van der Waals surface area contributed by atoms with E-state index in [0.29, 0.717) is 11.6 Å². The minimum atomic E-state index is -0.109. The third-order valence-corrected chi connectivity index (χ3v) is 3.61. The zero-order valence-corrected chi connectivity index (χ0v) is 11.0. The van der Waals surface area contributed by atoms with Crippen molar-refractivity contribution in [1.82, 2.24) is 0 Å². The molecule has 0 unspecified atom stereocenters. The lowest BCUT2D eigenvalue weighted by atomic mass is 9.86. The van der Waals surface area contributed by atoms with E-state index in [4.69, 9.17) is 22.1 Å². The first-order chi connectivity index (χ1) is 8.65. The van der Waals surface area contributed by atoms with Gasteiger partial charge in [-0.1, -0.05) is 23.7 Å². The van der Waals surface area contributed by atoms with Crippen LogP contribution in [0.1, 0.15) is 31.2 Å². The smallest absolute Gasteiger partial charge is 0.309 e. The number of hydrogen-bond donors (Lipinski definition) is 1. The highest BCUT2D eigenvalue weighted by Gasteiger charge is 2.25. The lowest BCUT2D eigenvalue weighted by Gasteiger charge is -2.24. The molecule has 1 aromatic rings. The topological polar surface area (TPSA) is 52.3 Å². The van der Waals surface area contributed by atoms with E-state index in [1.807, 2.05) is 18.2 Å². The molecule has 4 heteroatoms. The van der Waals surface area contributed by atoms with E-state index in [2.05, 4.69) is 0 Å². The van der Waals surface area contributed by atoms with Gasteiger partial charge in [0.25, 0.3) is 0 Å². The summed E-state index contributed by atoms with van der Waals surface area (Å²) in [6, 6.07) is 7.62. The normalized spacial score (nSPS) is 23.7. The number of benzene rings is 1. The van der Waals surface area contributed by atoms with Crippen molar-refractivity contribution in [1.29, 1.82) is 0 Å². The predicted molar refractivity (Wildman–Crippen MR) is 71.2 cm³/mol. The van der Waals surface area contributed by atoms with Crippen LogP contribution < -0.4 is 5.73 Å². The van der Waals surface area contributed by atoms with Gasteiger partial charge < -0.3 is 10.5 Å². The summed E-state index contributed by atoms with van der Waals surface area (Å²) in [6.07, 6.45) is 3.51. The van der Waals surface area contributed by atoms with Crippen LogP contribution in [0.4, 0.5) is 0 Å². The Hall–Kier alpha value is -1.06. The van der Waals surface area contributed by atoms with Crippen molar-refractivity contribution in [3.8, 4) is 0 Å². The van der Waals surface area contributed by atoms with Crippen molar-refractivity contribution >= 4 is 17.6 Å². The highest BCUT2D eigenvalue weighted by Crippen LogP contribution is 2.24. The van der Waals surface area contributed by atoms with Crippen molar-refractivity contribution in [3.05, 3.63) is 34.9 Å². The van der Waals surface area contributed by atoms with Gasteiger partial charge in [-0.25, -0.2) is 0 Å². The summed E-state index contributed by atoms with van der Waals surface area (Å²) in [5.74, 6) is -0.0918. The molecular weight excluding hydrogens is 250 g/mol. The molecule has 0 bridgehead atoms. The standard InChI is InChI=1S/C14H18ClNO2/c15-12-3-1-2-10(8-12)9-18-14(17)11-4-6-13(16)7-5-11/h1-3,8,11,13H,4-7,9,16H2. The minimum absolute atomic E-state index is 0.0176. The van der Waals surface area contributed by atoms with Crippen LogP contribution in [-0.2, 0) is 16.1 Å². The second-order valence-corrected chi connectivity index (χ2v) is 5.29. The lowest BCUT2D eigenvalue weighted by Crippen LogP contribution is -2.30. The van der Waals surface area contributed by atoms with E-state index in [9.17, 15) is 4.79 Å². The molecule has 0 saturated heterocycles. The maximum absolute atomic E-state index is 11.9. The number of halogens is 1. The average molecular weight is 268 g/mol. The number of nitrogens with two attached hydrogens (primary N) is 1. The fraction of sp³-hybridized carbons (Fsp3) is 0.500. The van der Waals surface area contributed by atoms with Crippen molar-refractivity contribution in [2.45, 2.75) is 38.3 Å². The Morgan fingerprint density at radius 3 is 2.72 bits per heavy atom. The Kier molecular flexibility index (Phi) is 4.61. The van der Waals surface area contributed by atoms with Gasteiger partial charge in [0, 0.05) is 11.1 Å². The molecule has 98 valence electrons. The van der Waals surface area contributed by atoms with Crippen molar-refractivity contribution in [2.24, 2.45) is 11.7 Å². The number of carbonyl (C=O) groups excluding carboxylic acids is 1. The van der Waals surface area contributed by atoms with Crippen LogP contribution in [0.2, 0.25) is 5.02 Å². The van der Waals surface area contributed by atoms with Crippen molar-refractivity contribution in [2.75, 3.05) is 0 Å². The number of ether oxygens (including phenoxy) is 1. The van der Waals surface area contributed by atoms with Gasteiger partial charge in [0.15, 0.2) is 0 Å². The molecule has 2 N–H and O–H groups in total. The van der Waals surface area contributed by atoms with E-state index < -0.39 is 0 Å². The molecule has 0 radical (unpaired) electrons. The summed E-state index contributed by atoms with van der Waals surface area (Å²) in [6.45, 7) is 0.294. The van der Waals surface area contributed by atoms with E-state index in [-0.39, 0.29) is 17.9 Å². The van der Waals surface area contributed by atoms with Gasteiger partial charge in [-0.2, -0.15) is 0 Å². The quantitative estimate of drug-likeness (QED) is 0.857. The maximum atomic E-state index is 11.9. The summed E-state index contributed by atoms with van der Waals surface area (Å²) in [7, 11) is 0. The van der Waals surface area contributed by atoms with Crippen LogP contribution in [0, 0.1) is 5.92 Å². The van der Waals surface area contributed by atoms with Gasteiger partial charge >= 0.3 is 5.97 Å². The zero-order chi connectivity index (χ0) is 13.0. The molecule has 1 fully saturated rings. The van der Waals surface area contributed by atoms with Gasteiger partial charge in [0.2, 0.25) is 0 Å². The lowest BCUT2D eigenvalue weighted by molar-refractivity contribution is -0.151. The highest BCUT2D eigenvalue weighted by atomic mass is 35.5. The van der Waals surface area contributed by atoms with E-state index in [1.165, 1.54) is 0 Å². The first kappa shape index (κ1) is 13.4. The van der Waals surface area contributed by atoms with Gasteiger partial charge in [-0.05, 0) is 43.4 Å². The maximum Gasteiger partial charge on any atom is 0.309 e. The third kappa shape index (κ3) is 3.72. The van der Waals surface area contributed by atoms with E-state index in [1.54, 1.807) is 6.07 Å². The third-order valence-electron chi connectivity index (χ3n) is 3.38. The largest absolute Gasteiger partial charge is 0.461 e. The van der Waals surface area contributed by atoms with Gasteiger partial charge in [-0.3, -0.25) is 4.79 Å². The van der Waals surface area contributed by atoms with Crippen LogP contribution in [0.25, 0.3) is 0 Å². The number of carbonyl (C=O) groups is 1. The monoisotopic (exact) mass is 267 g/mol. The number of esters is 1. The molecule has 0 atom stereocenters. The van der Waals surface area contributed by atoms with Crippen LogP contribution in [-0.4, -0.2) is 12.0 Å². The molecule has 3 nitrogen and oxygen atoms in total. The fourth-order valence-corrected chi connectivity index (χ4v) is 2.47. The van der Waals surface area contributed by atoms with Gasteiger partial charge in [0.05, 0.1) is 5.92 Å². The minimum Gasteiger partial charge on any atom is -0.461 e. The molecule has 18 heavy (non-hydrogen) atoms. The number of hydrogen-bond acceptors (Lipinski definition) is 3. The molecule has 0 amide bonds. The summed E-state index contributed by atoms with van der Waals surface area (Å²) >= 11 is 5.87. The van der Waals surface area contributed by atoms with Crippen LogP contribution in [0.3, 0.4) is 0 Å². The first-order valence-corrected chi connectivity index (χ1v) is 6.69. The molecule has 2 rings (SSSR count). The highest BCUT2D eigenvalue weighted by molar-refractivity contribution is 6.30. The molecule has 0 heterocycles.